The fourth-order valence-electron chi connectivity index (χ4n) is 5.98. The maximum atomic E-state index is 13.9. The molecule has 252 valence electrons. The highest BCUT2D eigenvalue weighted by Crippen LogP contribution is 2.33. The Morgan fingerprint density at radius 3 is 2.26 bits per heavy atom. The van der Waals surface area contributed by atoms with Gasteiger partial charge < -0.3 is 30.5 Å². The molecule has 3 aromatic carbocycles. The molecule has 4 N–H and O–H groups in total. The first-order valence-corrected chi connectivity index (χ1v) is 17.4. The average molecular weight is 669 g/mol. The number of benzene rings is 3. The molecule has 2 aliphatic rings. The SMILES string of the molecule is CC(NC(=O)c1cc(C(=O)NC(Cc2ccccc2)C(O)C2CC3(CCN2)OCCO3)cc(N(C)S(C)(=O)=O)c1)c1ccc(F)cc1. The van der Waals surface area contributed by atoms with E-state index in [1.165, 1.54) is 37.4 Å². The van der Waals surface area contributed by atoms with Gasteiger partial charge in [0, 0.05) is 43.6 Å². The van der Waals surface area contributed by atoms with Crippen LogP contribution in [0.3, 0.4) is 0 Å². The van der Waals surface area contributed by atoms with Crippen molar-refractivity contribution in [1.29, 1.82) is 0 Å². The van der Waals surface area contributed by atoms with E-state index in [9.17, 15) is 27.5 Å². The van der Waals surface area contributed by atoms with Crippen molar-refractivity contribution in [3.63, 3.8) is 0 Å². The minimum atomic E-state index is -3.75. The third kappa shape index (κ3) is 8.54. The fourth-order valence-corrected chi connectivity index (χ4v) is 6.47. The zero-order chi connectivity index (χ0) is 33.8. The number of piperidine rings is 1. The van der Waals surface area contributed by atoms with Crippen molar-refractivity contribution in [3.8, 4) is 0 Å². The molecule has 0 aliphatic carbocycles. The molecule has 3 aromatic rings. The van der Waals surface area contributed by atoms with Crippen LogP contribution in [0.25, 0.3) is 0 Å². The topological polar surface area (TPSA) is 146 Å². The van der Waals surface area contributed by atoms with Crippen molar-refractivity contribution in [1.82, 2.24) is 16.0 Å². The Morgan fingerprint density at radius 1 is 1.02 bits per heavy atom. The number of carbonyl (C=O) groups is 2. The lowest BCUT2D eigenvalue weighted by molar-refractivity contribution is -0.186. The molecule has 13 heteroatoms. The zero-order valence-electron chi connectivity index (χ0n) is 26.6. The third-order valence-electron chi connectivity index (χ3n) is 8.72. The summed E-state index contributed by atoms with van der Waals surface area (Å²) in [4.78, 5) is 27.4. The summed E-state index contributed by atoms with van der Waals surface area (Å²) < 4.78 is 51.2. The van der Waals surface area contributed by atoms with Crippen LogP contribution in [0.15, 0.2) is 72.8 Å². The third-order valence-corrected chi connectivity index (χ3v) is 9.92. The van der Waals surface area contributed by atoms with Crippen LogP contribution in [-0.4, -0.2) is 82.4 Å². The summed E-state index contributed by atoms with van der Waals surface area (Å²) in [6.07, 6.45) is 1.29. The largest absolute Gasteiger partial charge is 0.389 e. The van der Waals surface area contributed by atoms with Gasteiger partial charge in [0.1, 0.15) is 5.82 Å². The molecule has 11 nitrogen and oxygen atoms in total. The van der Waals surface area contributed by atoms with Crippen molar-refractivity contribution in [2.75, 3.05) is 37.4 Å². The molecule has 0 radical (unpaired) electrons. The molecule has 2 heterocycles. The predicted molar refractivity (Wildman–Crippen MR) is 175 cm³/mol. The van der Waals surface area contributed by atoms with E-state index in [0.717, 1.165) is 16.1 Å². The molecular weight excluding hydrogens is 627 g/mol. The van der Waals surface area contributed by atoms with Crippen molar-refractivity contribution in [3.05, 3.63) is 101 Å². The molecular formula is C34H41FN4O7S. The zero-order valence-corrected chi connectivity index (χ0v) is 27.4. The second-order valence-corrected chi connectivity index (χ2v) is 14.1. The van der Waals surface area contributed by atoms with Gasteiger partial charge in [0.25, 0.3) is 11.8 Å². The van der Waals surface area contributed by atoms with Gasteiger partial charge in [0.05, 0.1) is 43.3 Å². The average Bonchev–Trinajstić information content (AvgIpc) is 3.50. The van der Waals surface area contributed by atoms with Crippen LogP contribution in [0, 0.1) is 5.82 Å². The molecule has 4 unspecified atom stereocenters. The summed E-state index contributed by atoms with van der Waals surface area (Å²) >= 11 is 0. The van der Waals surface area contributed by atoms with Crippen molar-refractivity contribution in [2.45, 2.75) is 56.2 Å². The highest BCUT2D eigenvalue weighted by atomic mass is 32.2. The standard InChI is InChI=1S/C34H41FN4O7S/c1-22(24-9-11-27(35)12-10-24)37-32(41)25-18-26(20-28(19-25)39(2)47(3,43)44)33(42)38-29(17-23-7-5-4-6-8-23)31(40)30-21-34(13-14-36-30)45-15-16-46-34/h4-12,18-20,22,29-31,36,40H,13-17,21H2,1-3H3,(H,37,41)(H,38,42). The van der Waals surface area contributed by atoms with E-state index in [1.807, 2.05) is 30.3 Å². The number of anilines is 1. The van der Waals surface area contributed by atoms with Gasteiger partial charge in [0.15, 0.2) is 5.79 Å². The molecule has 47 heavy (non-hydrogen) atoms. The van der Waals surface area contributed by atoms with Crippen LogP contribution in [0.2, 0.25) is 0 Å². The molecule has 0 aromatic heterocycles. The number of aliphatic hydroxyl groups excluding tert-OH is 1. The molecule has 2 fully saturated rings. The Morgan fingerprint density at radius 2 is 1.64 bits per heavy atom. The summed E-state index contributed by atoms with van der Waals surface area (Å²) in [5, 5.41) is 20.8. The molecule has 0 bridgehead atoms. The first kappa shape index (κ1) is 34.5. The van der Waals surface area contributed by atoms with Crippen LogP contribution in [0.1, 0.15) is 57.7 Å². The fraction of sp³-hybridized carbons (Fsp3) is 0.412. The first-order chi connectivity index (χ1) is 22.3. The van der Waals surface area contributed by atoms with Crippen LogP contribution in [-0.2, 0) is 25.9 Å². The van der Waals surface area contributed by atoms with Crippen LogP contribution in [0.4, 0.5) is 10.1 Å². The minimum absolute atomic E-state index is 0.0263. The summed E-state index contributed by atoms with van der Waals surface area (Å²) in [6.45, 7) is 3.24. The summed E-state index contributed by atoms with van der Waals surface area (Å²) in [5.74, 6) is -2.35. The lowest BCUT2D eigenvalue weighted by Gasteiger charge is -2.40. The van der Waals surface area contributed by atoms with E-state index in [2.05, 4.69) is 16.0 Å². The van der Waals surface area contributed by atoms with E-state index in [4.69, 9.17) is 9.47 Å². The van der Waals surface area contributed by atoms with Gasteiger partial charge in [-0.05, 0) is 54.8 Å². The molecule has 2 saturated heterocycles. The van der Waals surface area contributed by atoms with E-state index >= 15 is 0 Å². The number of hydrogen-bond acceptors (Lipinski definition) is 8. The van der Waals surface area contributed by atoms with Crippen LogP contribution < -0.4 is 20.3 Å². The number of ether oxygens (including phenoxy) is 2. The molecule has 4 atom stereocenters. The Bertz CT molecular complexity index is 1670. The highest BCUT2D eigenvalue weighted by molar-refractivity contribution is 7.92. The smallest absolute Gasteiger partial charge is 0.251 e. The number of nitrogens with one attached hydrogen (secondary N) is 3. The summed E-state index contributed by atoms with van der Waals surface area (Å²) in [5.41, 5.74) is 1.72. The summed E-state index contributed by atoms with van der Waals surface area (Å²) in [6, 6.07) is 17.5. The first-order valence-electron chi connectivity index (χ1n) is 15.5. The van der Waals surface area contributed by atoms with Crippen molar-refractivity contribution >= 4 is 27.5 Å². The van der Waals surface area contributed by atoms with Gasteiger partial charge in [-0.1, -0.05) is 42.5 Å². The second-order valence-electron chi connectivity index (χ2n) is 12.1. The Labute approximate surface area is 274 Å². The van der Waals surface area contributed by atoms with E-state index < -0.39 is 57.7 Å². The minimum Gasteiger partial charge on any atom is -0.389 e. The lowest BCUT2D eigenvalue weighted by Crippen LogP contribution is -2.59. The van der Waals surface area contributed by atoms with Crippen molar-refractivity contribution < 1.29 is 37.0 Å². The van der Waals surface area contributed by atoms with E-state index in [0.29, 0.717) is 44.6 Å². The number of hydrogen-bond donors (Lipinski definition) is 4. The maximum absolute atomic E-state index is 13.9. The van der Waals surface area contributed by atoms with Gasteiger partial charge >= 0.3 is 0 Å². The second kappa shape index (κ2) is 14.5. The van der Waals surface area contributed by atoms with Gasteiger partial charge in [-0.25, -0.2) is 12.8 Å². The lowest BCUT2D eigenvalue weighted by atomic mass is 9.88. The molecule has 5 rings (SSSR count). The molecule has 0 saturated carbocycles. The Balaban J connectivity index is 1.43. The van der Waals surface area contributed by atoms with Crippen molar-refractivity contribution in [2.24, 2.45) is 0 Å². The number of sulfonamides is 1. The number of nitrogens with zero attached hydrogens (tertiary/aromatic N) is 1. The number of halogens is 1. The van der Waals surface area contributed by atoms with Gasteiger partial charge in [-0.3, -0.25) is 13.9 Å². The highest BCUT2D eigenvalue weighted by Gasteiger charge is 2.44. The Kier molecular flexibility index (Phi) is 10.6. The monoisotopic (exact) mass is 668 g/mol. The van der Waals surface area contributed by atoms with Gasteiger partial charge in [0.2, 0.25) is 10.0 Å². The van der Waals surface area contributed by atoms with Crippen LogP contribution in [0.5, 0.6) is 0 Å². The van der Waals surface area contributed by atoms with Crippen LogP contribution >= 0.6 is 0 Å². The Hall–Kier alpha value is -3.88. The maximum Gasteiger partial charge on any atom is 0.251 e. The van der Waals surface area contributed by atoms with E-state index in [1.54, 1.807) is 19.1 Å². The number of aliphatic hydroxyl groups is 1. The normalized spacial score (nSPS) is 19.5. The number of amides is 2. The van der Waals surface area contributed by atoms with Gasteiger partial charge in [-0.2, -0.15) is 0 Å². The predicted octanol–water partition coefficient (Wildman–Crippen LogP) is 2.91. The molecule has 1 spiro atoms. The molecule has 2 aliphatic heterocycles. The number of carbonyl (C=O) groups excluding carboxylic acids is 2. The van der Waals surface area contributed by atoms with E-state index in [-0.39, 0.29) is 16.8 Å². The number of rotatable bonds is 11. The quantitative estimate of drug-likeness (QED) is 0.244. The summed E-state index contributed by atoms with van der Waals surface area (Å²) in [7, 11) is -2.42. The molecule has 2 amide bonds. The van der Waals surface area contributed by atoms with Gasteiger partial charge in [-0.15, -0.1) is 0 Å².